The van der Waals surface area contributed by atoms with E-state index in [-0.39, 0.29) is 6.61 Å². The van der Waals surface area contributed by atoms with Gasteiger partial charge in [0.1, 0.15) is 11.7 Å². The maximum atomic E-state index is 12.4. The summed E-state index contributed by atoms with van der Waals surface area (Å²) in [5.74, 6) is 0. The number of nitrogens with zero attached hydrogens (tertiary/aromatic N) is 2. The number of rotatable bonds is 3. The molecule has 2 aromatic rings. The van der Waals surface area contributed by atoms with E-state index in [4.69, 9.17) is 14.2 Å². The van der Waals surface area contributed by atoms with Crippen molar-refractivity contribution in [2.24, 2.45) is 0 Å². The molecule has 1 aromatic carbocycles. The summed E-state index contributed by atoms with van der Waals surface area (Å²) in [4.78, 5) is 24.0. The molecule has 1 unspecified atom stereocenters. The Bertz CT molecular complexity index is 826. The molecule has 0 aliphatic rings. The van der Waals surface area contributed by atoms with Gasteiger partial charge in [0.05, 0.1) is 12.1 Å². The number of carbonyl (C=O) groups is 2. The van der Waals surface area contributed by atoms with Gasteiger partial charge < -0.3 is 14.2 Å². The Morgan fingerprint density at radius 3 is 2.60 bits per heavy atom. The van der Waals surface area contributed by atoms with Gasteiger partial charge >= 0.3 is 12.2 Å². The van der Waals surface area contributed by atoms with Crippen LogP contribution in [-0.4, -0.2) is 29.0 Å². The van der Waals surface area contributed by atoms with Crippen LogP contribution < -0.4 is 0 Å². The van der Waals surface area contributed by atoms with E-state index in [1.807, 2.05) is 6.07 Å². The van der Waals surface area contributed by atoms with Crippen molar-refractivity contribution in [2.75, 3.05) is 6.61 Å². The Kier molecular flexibility index (Phi) is 5.32. The molecule has 7 heteroatoms. The van der Waals surface area contributed by atoms with Crippen LogP contribution in [0.15, 0.2) is 30.5 Å². The highest BCUT2D eigenvalue weighted by atomic mass is 16.7. The molecule has 7 nitrogen and oxygen atoms in total. The number of para-hydroxylation sites is 1. The third-order valence-corrected chi connectivity index (χ3v) is 3.21. The van der Waals surface area contributed by atoms with E-state index in [9.17, 15) is 14.9 Å². The summed E-state index contributed by atoms with van der Waals surface area (Å²) in [6.07, 6.45) is -1.18. The monoisotopic (exact) mass is 344 g/mol. The average Bonchev–Trinajstić information content (AvgIpc) is 2.95. The summed E-state index contributed by atoms with van der Waals surface area (Å²) in [6, 6.07) is 8.77. The minimum absolute atomic E-state index is 0.134. The second-order valence-electron chi connectivity index (χ2n) is 6.26. The van der Waals surface area contributed by atoms with Gasteiger partial charge in [0.25, 0.3) is 0 Å². The smallest absolute Gasteiger partial charge is 0.443 e. The summed E-state index contributed by atoms with van der Waals surface area (Å²) in [5.41, 5.74) is 0.162. The van der Waals surface area contributed by atoms with Crippen molar-refractivity contribution < 1.29 is 23.8 Å². The second-order valence-corrected chi connectivity index (χ2v) is 6.26. The summed E-state index contributed by atoms with van der Waals surface area (Å²) >= 11 is 0. The van der Waals surface area contributed by atoms with Gasteiger partial charge in [0.15, 0.2) is 0 Å². The van der Waals surface area contributed by atoms with Gasteiger partial charge in [-0.1, -0.05) is 18.2 Å². The number of carbonyl (C=O) groups excluding carboxylic acids is 2. The minimum atomic E-state index is -1.21. The van der Waals surface area contributed by atoms with Gasteiger partial charge in [-0.05, 0) is 33.8 Å². The molecule has 0 aliphatic heterocycles. The molecule has 0 saturated carbocycles. The van der Waals surface area contributed by atoms with E-state index in [0.717, 1.165) is 5.39 Å². The quantitative estimate of drug-likeness (QED) is 0.776. The van der Waals surface area contributed by atoms with Gasteiger partial charge in [-0.3, -0.25) is 4.57 Å². The van der Waals surface area contributed by atoms with Crippen LogP contribution >= 0.6 is 0 Å². The van der Waals surface area contributed by atoms with Gasteiger partial charge in [-0.25, -0.2) is 9.59 Å². The second kappa shape index (κ2) is 7.26. The molecule has 25 heavy (non-hydrogen) atoms. The van der Waals surface area contributed by atoms with E-state index in [1.165, 1.54) is 4.57 Å². The SMILES string of the molecule is CCOC(=O)OC(C#N)c1cccc2ccn(C(=O)OC(C)(C)C)c12. The van der Waals surface area contributed by atoms with E-state index in [1.54, 1.807) is 58.2 Å². The van der Waals surface area contributed by atoms with Crippen molar-refractivity contribution in [3.63, 3.8) is 0 Å². The third-order valence-electron chi connectivity index (χ3n) is 3.21. The van der Waals surface area contributed by atoms with Crippen LogP contribution in [0.1, 0.15) is 39.4 Å². The van der Waals surface area contributed by atoms with E-state index in [0.29, 0.717) is 11.1 Å². The normalized spacial score (nSPS) is 12.3. The molecule has 0 amide bonds. The first-order valence-electron chi connectivity index (χ1n) is 7.83. The zero-order valence-electron chi connectivity index (χ0n) is 14.6. The molecule has 0 fully saturated rings. The van der Waals surface area contributed by atoms with Gasteiger partial charge in [0, 0.05) is 17.1 Å². The highest BCUT2D eigenvalue weighted by Crippen LogP contribution is 2.28. The third kappa shape index (κ3) is 4.29. The fourth-order valence-electron chi connectivity index (χ4n) is 2.30. The van der Waals surface area contributed by atoms with E-state index >= 15 is 0 Å². The molecule has 0 bridgehead atoms. The molecule has 0 spiro atoms. The zero-order chi connectivity index (χ0) is 18.6. The molecule has 0 saturated heterocycles. The molecule has 0 radical (unpaired) electrons. The lowest BCUT2D eigenvalue weighted by Gasteiger charge is -2.20. The molecule has 0 aliphatic carbocycles. The maximum Gasteiger partial charge on any atom is 0.509 e. The molecule has 1 heterocycles. The highest BCUT2D eigenvalue weighted by Gasteiger charge is 2.24. The lowest BCUT2D eigenvalue weighted by molar-refractivity contribution is 0.0424. The topological polar surface area (TPSA) is 90.5 Å². The molecular weight excluding hydrogens is 324 g/mol. The molecule has 1 aromatic heterocycles. The number of ether oxygens (including phenoxy) is 3. The first kappa shape index (κ1) is 18.3. The number of aromatic nitrogens is 1. The number of nitriles is 1. The van der Waals surface area contributed by atoms with Crippen LogP contribution in [0.5, 0.6) is 0 Å². The number of fused-ring (bicyclic) bond motifs is 1. The zero-order valence-corrected chi connectivity index (χ0v) is 14.6. The predicted molar refractivity (Wildman–Crippen MR) is 90.0 cm³/mol. The number of benzene rings is 1. The Morgan fingerprint density at radius 1 is 1.28 bits per heavy atom. The minimum Gasteiger partial charge on any atom is -0.443 e. The van der Waals surface area contributed by atoms with Crippen LogP contribution in [-0.2, 0) is 14.2 Å². The fourth-order valence-corrected chi connectivity index (χ4v) is 2.30. The average molecular weight is 344 g/mol. The summed E-state index contributed by atoms with van der Waals surface area (Å²) < 4.78 is 16.5. The Labute approximate surface area is 145 Å². The van der Waals surface area contributed by atoms with Crippen LogP contribution in [0.4, 0.5) is 9.59 Å². The summed E-state index contributed by atoms with van der Waals surface area (Å²) in [7, 11) is 0. The Balaban J connectivity index is 2.47. The lowest BCUT2D eigenvalue weighted by atomic mass is 10.1. The Hall–Kier alpha value is -3.01. The first-order chi connectivity index (χ1) is 11.8. The first-order valence-corrected chi connectivity index (χ1v) is 7.83. The van der Waals surface area contributed by atoms with E-state index in [2.05, 4.69) is 0 Å². The largest absolute Gasteiger partial charge is 0.509 e. The van der Waals surface area contributed by atoms with Crippen molar-refractivity contribution in [1.29, 1.82) is 5.26 Å². The highest BCUT2D eigenvalue weighted by molar-refractivity contribution is 5.92. The van der Waals surface area contributed by atoms with Crippen LogP contribution in [0, 0.1) is 11.3 Å². The van der Waals surface area contributed by atoms with Crippen LogP contribution in [0.3, 0.4) is 0 Å². The molecule has 132 valence electrons. The molecule has 2 rings (SSSR count). The van der Waals surface area contributed by atoms with Gasteiger partial charge in [-0.15, -0.1) is 0 Å². The van der Waals surface area contributed by atoms with Crippen molar-refractivity contribution in [3.05, 3.63) is 36.0 Å². The van der Waals surface area contributed by atoms with Gasteiger partial charge in [0.2, 0.25) is 6.10 Å². The molecule has 0 N–H and O–H groups in total. The molecular formula is C18H20N2O5. The summed E-state index contributed by atoms with van der Waals surface area (Å²) in [5, 5.41) is 10.1. The van der Waals surface area contributed by atoms with Gasteiger partial charge in [-0.2, -0.15) is 5.26 Å². The van der Waals surface area contributed by atoms with E-state index < -0.39 is 24.0 Å². The number of hydrogen-bond acceptors (Lipinski definition) is 6. The standard InChI is InChI=1S/C18H20N2O5/c1-5-23-17(22)24-14(11-19)13-8-6-7-12-9-10-20(15(12)13)16(21)25-18(2,3)4/h6-10,14H,5H2,1-4H3. The van der Waals surface area contributed by atoms with Crippen molar-refractivity contribution in [3.8, 4) is 6.07 Å². The number of hydrogen-bond donors (Lipinski definition) is 0. The van der Waals surface area contributed by atoms with Crippen LogP contribution in [0.25, 0.3) is 10.9 Å². The predicted octanol–water partition coefficient (Wildman–Crippen LogP) is 4.16. The van der Waals surface area contributed by atoms with Crippen molar-refractivity contribution >= 4 is 23.2 Å². The fraction of sp³-hybridized carbons (Fsp3) is 0.389. The van der Waals surface area contributed by atoms with Crippen molar-refractivity contribution in [2.45, 2.75) is 39.4 Å². The maximum absolute atomic E-state index is 12.4. The lowest BCUT2D eigenvalue weighted by Crippen LogP contribution is -2.27. The van der Waals surface area contributed by atoms with Crippen molar-refractivity contribution in [1.82, 2.24) is 4.57 Å². The summed E-state index contributed by atoms with van der Waals surface area (Å²) in [6.45, 7) is 7.06. The molecule has 1 atom stereocenters. The Morgan fingerprint density at radius 2 is 2.00 bits per heavy atom. The van der Waals surface area contributed by atoms with Crippen LogP contribution in [0.2, 0.25) is 0 Å².